The highest BCUT2D eigenvalue weighted by molar-refractivity contribution is 5.89. The molecule has 1 heterocycles. The Morgan fingerprint density at radius 3 is 2.66 bits per heavy atom. The fraction of sp³-hybridized carbons (Fsp3) is 0.0769. The summed E-state index contributed by atoms with van der Waals surface area (Å²) in [5.74, 6) is 0.122. The van der Waals surface area contributed by atoms with Crippen molar-refractivity contribution in [3.63, 3.8) is 0 Å². The van der Waals surface area contributed by atoms with E-state index in [1.807, 2.05) is 6.07 Å². The standard InChI is InChI=1S/C26H21NO5/c1-2-12-30-26(29)19-5-3-4-17(13-19)15-31-21-10-11-22-24(14-21)32-16-23(25(22)28)18-6-8-20(27)9-7-18/h2-11,13-14,16H,1,12,15,27H2. The Morgan fingerprint density at radius 1 is 1.06 bits per heavy atom. The van der Waals surface area contributed by atoms with Gasteiger partial charge in [0, 0.05) is 11.8 Å². The highest BCUT2D eigenvalue weighted by Crippen LogP contribution is 2.24. The first-order valence-electron chi connectivity index (χ1n) is 9.96. The Hall–Kier alpha value is -4.32. The van der Waals surface area contributed by atoms with Crippen molar-refractivity contribution in [3.05, 3.63) is 107 Å². The lowest BCUT2D eigenvalue weighted by molar-refractivity contribution is 0.0549. The number of rotatable bonds is 7. The Balaban J connectivity index is 1.52. The quantitative estimate of drug-likeness (QED) is 0.255. The number of carbonyl (C=O) groups excluding carboxylic acids is 1. The molecular weight excluding hydrogens is 406 g/mol. The molecule has 6 heteroatoms. The van der Waals surface area contributed by atoms with Crippen LogP contribution in [0.2, 0.25) is 0 Å². The molecule has 0 aliphatic carbocycles. The molecule has 3 aromatic carbocycles. The van der Waals surface area contributed by atoms with Gasteiger partial charge in [0.25, 0.3) is 0 Å². The summed E-state index contributed by atoms with van der Waals surface area (Å²) in [6.45, 7) is 3.92. The minimum absolute atomic E-state index is 0.131. The van der Waals surface area contributed by atoms with Gasteiger partial charge in [0.05, 0.1) is 16.5 Å². The summed E-state index contributed by atoms with van der Waals surface area (Å²) in [5.41, 5.74) is 9.08. The molecule has 0 aliphatic rings. The molecule has 32 heavy (non-hydrogen) atoms. The third kappa shape index (κ3) is 4.54. The summed E-state index contributed by atoms with van der Waals surface area (Å²) >= 11 is 0. The van der Waals surface area contributed by atoms with Crippen LogP contribution in [0.1, 0.15) is 15.9 Å². The number of nitrogens with two attached hydrogens (primary N) is 1. The monoisotopic (exact) mass is 427 g/mol. The van der Waals surface area contributed by atoms with E-state index in [2.05, 4.69) is 6.58 Å². The maximum atomic E-state index is 12.9. The lowest BCUT2D eigenvalue weighted by atomic mass is 10.1. The van der Waals surface area contributed by atoms with E-state index in [0.717, 1.165) is 11.1 Å². The van der Waals surface area contributed by atoms with E-state index < -0.39 is 5.97 Å². The first-order valence-corrected chi connectivity index (χ1v) is 9.96. The van der Waals surface area contributed by atoms with Crippen LogP contribution in [0.25, 0.3) is 22.1 Å². The van der Waals surface area contributed by atoms with Crippen LogP contribution in [0.4, 0.5) is 5.69 Å². The molecule has 4 aromatic rings. The van der Waals surface area contributed by atoms with Gasteiger partial charge in [0.15, 0.2) is 5.43 Å². The zero-order valence-electron chi connectivity index (χ0n) is 17.2. The summed E-state index contributed by atoms with van der Waals surface area (Å²) in [6, 6.07) is 19.1. The van der Waals surface area contributed by atoms with E-state index in [1.165, 1.54) is 12.3 Å². The number of fused-ring (bicyclic) bond motifs is 1. The normalized spacial score (nSPS) is 10.6. The second-order valence-electron chi connectivity index (χ2n) is 7.13. The molecule has 160 valence electrons. The number of hydrogen-bond acceptors (Lipinski definition) is 6. The maximum Gasteiger partial charge on any atom is 0.338 e. The topological polar surface area (TPSA) is 91.8 Å². The van der Waals surface area contributed by atoms with Crippen LogP contribution in [0.3, 0.4) is 0 Å². The summed E-state index contributed by atoms with van der Waals surface area (Å²) in [4.78, 5) is 24.9. The van der Waals surface area contributed by atoms with E-state index >= 15 is 0 Å². The molecule has 0 unspecified atom stereocenters. The molecule has 0 amide bonds. The molecule has 0 atom stereocenters. The van der Waals surface area contributed by atoms with Gasteiger partial charge >= 0.3 is 5.97 Å². The highest BCUT2D eigenvalue weighted by Gasteiger charge is 2.11. The summed E-state index contributed by atoms with van der Waals surface area (Å²) in [6.07, 6.45) is 2.96. The van der Waals surface area contributed by atoms with Crippen molar-refractivity contribution >= 4 is 22.6 Å². The minimum Gasteiger partial charge on any atom is -0.489 e. The minimum atomic E-state index is -0.420. The maximum absolute atomic E-state index is 12.9. The molecule has 0 bridgehead atoms. The highest BCUT2D eigenvalue weighted by atomic mass is 16.5. The van der Waals surface area contributed by atoms with Gasteiger partial charge in [-0.25, -0.2) is 4.79 Å². The SMILES string of the molecule is C=CCOC(=O)c1cccc(COc2ccc3c(=O)c(-c4ccc(N)cc4)coc3c2)c1. The fourth-order valence-electron chi connectivity index (χ4n) is 3.23. The smallest absolute Gasteiger partial charge is 0.338 e. The van der Waals surface area contributed by atoms with Gasteiger partial charge in [0.2, 0.25) is 0 Å². The van der Waals surface area contributed by atoms with E-state index in [4.69, 9.17) is 19.6 Å². The zero-order valence-corrected chi connectivity index (χ0v) is 17.2. The number of benzene rings is 3. The second-order valence-corrected chi connectivity index (χ2v) is 7.13. The Labute approximate surface area is 184 Å². The van der Waals surface area contributed by atoms with Crippen LogP contribution in [-0.2, 0) is 11.3 Å². The van der Waals surface area contributed by atoms with Crippen molar-refractivity contribution in [1.29, 1.82) is 0 Å². The van der Waals surface area contributed by atoms with Gasteiger partial charge in [-0.3, -0.25) is 4.79 Å². The van der Waals surface area contributed by atoms with Gasteiger partial charge in [-0.05, 0) is 47.5 Å². The number of anilines is 1. The van der Waals surface area contributed by atoms with Crippen molar-refractivity contribution in [2.24, 2.45) is 0 Å². The van der Waals surface area contributed by atoms with Crippen LogP contribution in [0.15, 0.2) is 94.9 Å². The lowest BCUT2D eigenvalue weighted by Gasteiger charge is -2.09. The largest absolute Gasteiger partial charge is 0.489 e. The van der Waals surface area contributed by atoms with Gasteiger partial charge in [-0.1, -0.05) is 36.9 Å². The Bertz CT molecular complexity index is 1340. The second kappa shape index (κ2) is 9.22. The molecule has 2 N–H and O–H groups in total. The number of carbonyl (C=O) groups is 1. The first kappa shape index (κ1) is 20.9. The lowest BCUT2D eigenvalue weighted by Crippen LogP contribution is -2.06. The van der Waals surface area contributed by atoms with Gasteiger partial charge in [-0.15, -0.1) is 0 Å². The molecule has 0 radical (unpaired) electrons. The summed E-state index contributed by atoms with van der Waals surface area (Å²) < 4.78 is 16.6. The molecule has 4 rings (SSSR count). The van der Waals surface area contributed by atoms with E-state index in [0.29, 0.717) is 33.5 Å². The van der Waals surface area contributed by atoms with Crippen molar-refractivity contribution < 1.29 is 18.7 Å². The van der Waals surface area contributed by atoms with Crippen LogP contribution in [-0.4, -0.2) is 12.6 Å². The van der Waals surface area contributed by atoms with Crippen molar-refractivity contribution in [1.82, 2.24) is 0 Å². The predicted molar refractivity (Wildman–Crippen MR) is 124 cm³/mol. The van der Waals surface area contributed by atoms with Gasteiger partial charge in [-0.2, -0.15) is 0 Å². The average Bonchev–Trinajstić information content (AvgIpc) is 2.82. The molecule has 0 saturated heterocycles. The van der Waals surface area contributed by atoms with E-state index in [9.17, 15) is 9.59 Å². The molecule has 0 saturated carbocycles. The van der Waals surface area contributed by atoms with E-state index in [-0.39, 0.29) is 18.6 Å². The van der Waals surface area contributed by atoms with Crippen molar-refractivity contribution in [3.8, 4) is 16.9 Å². The van der Waals surface area contributed by atoms with Gasteiger partial charge < -0.3 is 19.6 Å². The molecular formula is C26H21NO5. The van der Waals surface area contributed by atoms with Crippen LogP contribution in [0.5, 0.6) is 5.75 Å². The molecule has 0 spiro atoms. The van der Waals surface area contributed by atoms with Crippen LogP contribution < -0.4 is 15.9 Å². The predicted octanol–water partition coefficient (Wildman–Crippen LogP) is 4.96. The number of hydrogen-bond donors (Lipinski definition) is 1. The average molecular weight is 427 g/mol. The van der Waals surface area contributed by atoms with Crippen molar-refractivity contribution in [2.45, 2.75) is 6.61 Å². The fourth-order valence-corrected chi connectivity index (χ4v) is 3.23. The van der Waals surface area contributed by atoms with Crippen LogP contribution in [0, 0.1) is 0 Å². The summed E-state index contributed by atoms with van der Waals surface area (Å²) in [7, 11) is 0. The van der Waals surface area contributed by atoms with E-state index in [1.54, 1.807) is 60.7 Å². The molecule has 0 fully saturated rings. The number of esters is 1. The van der Waals surface area contributed by atoms with Gasteiger partial charge in [0.1, 0.15) is 30.8 Å². The third-order valence-corrected chi connectivity index (χ3v) is 4.87. The Kier molecular flexibility index (Phi) is 6.03. The van der Waals surface area contributed by atoms with Crippen molar-refractivity contribution in [2.75, 3.05) is 12.3 Å². The molecule has 0 aliphatic heterocycles. The third-order valence-electron chi connectivity index (χ3n) is 4.87. The first-order chi connectivity index (χ1) is 15.5. The number of nitrogen functional groups attached to an aromatic ring is 1. The zero-order chi connectivity index (χ0) is 22.5. The summed E-state index contributed by atoms with van der Waals surface area (Å²) in [5, 5.41) is 0.457. The van der Waals surface area contributed by atoms with Crippen LogP contribution >= 0.6 is 0 Å². The number of ether oxygens (including phenoxy) is 2. The Morgan fingerprint density at radius 2 is 1.88 bits per heavy atom. The molecule has 1 aromatic heterocycles. The molecule has 6 nitrogen and oxygen atoms in total.